The van der Waals surface area contributed by atoms with Crippen LogP contribution in [-0.4, -0.2) is 139 Å². The molecule has 672 valence electrons. The van der Waals surface area contributed by atoms with E-state index in [1.54, 1.807) is 85.8 Å². The molecule has 0 saturated heterocycles. The first-order valence-corrected chi connectivity index (χ1v) is 46.2. The molecule has 0 spiro atoms. The molecule has 6 unspecified atom stereocenters. The lowest BCUT2D eigenvalue weighted by atomic mass is 9.88. The zero-order valence-electron chi connectivity index (χ0n) is 69.7. The van der Waals surface area contributed by atoms with Gasteiger partial charge in [0.2, 0.25) is 11.8 Å². The topological polar surface area (TPSA) is 468 Å². The number of halogens is 5. The molecule has 2 heterocycles. The monoisotopic (exact) mass is 1820 g/mol. The van der Waals surface area contributed by atoms with Crippen molar-refractivity contribution in [2.24, 2.45) is 67.9 Å². The Morgan fingerprint density at radius 3 is 1.42 bits per heavy atom. The van der Waals surface area contributed by atoms with Gasteiger partial charge in [0.1, 0.15) is 24.7 Å². The lowest BCUT2D eigenvalue weighted by Gasteiger charge is -2.32. The van der Waals surface area contributed by atoms with Gasteiger partial charge in [-0.3, -0.25) is 38.8 Å². The number of fused-ring (bicyclic) bond motifs is 7. The molecule has 2 aliphatic heterocycles. The number of carbonyl (C=O) groups excluding carboxylic acids is 6. The summed E-state index contributed by atoms with van der Waals surface area (Å²) < 4.78 is 135. The van der Waals surface area contributed by atoms with Crippen molar-refractivity contribution in [3.8, 4) is 11.5 Å². The summed E-state index contributed by atoms with van der Waals surface area (Å²) in [5.41, 5.74) is 43.8. The maximum atomic E-state index is 14.1. The number of nitrogens with one attached hydrogen (secondary N) is 6. The summed E-state index contributed by atoms with van der Waals surface area (Å²) in [5, 5.41) is 14.9. The number of ether oxygens (including phenoxy) is 2. The van der Waals surface area contributed by atoms with Crippen LogP contribution in [0.15, 0.2) is 241 Å². The molecule has 7 aromatic rings. The number of rotatable bonds is 33. The Bertz CT molecular complexity index is 5770. The molecule has 4 aliphatic carbocycles. The van der Waals surface area contributed by atoms with Crippen LogP contribution >= 0.6 is 23.5 Å². The zero-order valence-corrected chi connectivity index (χ0v) is 73.0. The third kappa shape index (κ3) is 25.4. The summed E-state index contributed by atoms with van der Waals surface area (Å²) >= 11 is 2.34. The van der Waals surface area contributed by atoms with Crippen molar-refractivity contribution in [3.63, 3.8) is 0 Å². The summed E-state index contributed by atoms with van der Waals surface area (Å²) in [6.45, 7) is 5.39. The number of alkyl halides is 5. The van der Waals surface area contributed by atoms with Gasteiger partial charge in [-0.25, -0.2) is 25.6 Å². The standard InChI is InChI=1S/C34H33F5N4O4S3.C31H32N4O4.C26H37N7O4S/c1-33(35,36)21-4-8-27(48-12-10-40)25(15-21)31(44)42-23-6-2-19-14-20-3-7-24(18-30(20)50(46,47)29(19)17-23)43-32(45)26-16-22(34(37,38)39)5-9-28(26)49-13-11-41;32-13-15-38-28-7-3-1-5-26(28)30(36)34-22-9-11-24-20(18-22)17-21-19-23(10-12-25(21)24)35-31(37)27-6-2-4-8-29(27)39-16-14-33;1-17(27)30-12-4-2-6-24(34)32-20-10-8-18-14-19-9-11-21(16-23(19)38(36,37)22(18)15-20)33-25(35)7-3-5-13-31-26(28)29/h2-9,15-19,29H,10-14,40-41H2,1H3,(H,42,44)(H,43,45);1-12,18-20,24H,13-17,32-33H2,(H,34,36)(H,35,37);8-11,15-16,18,22H,2-7,12-14H2,1H3,(H2,27,30)(H,32,34)(H,33,35)(H4,28,29,31). The van der Waals surface area contributed by atoms with Crippen molar-refractivity contribution in [3.05, 3.63) is 267 Å². The fraction of sp³-hybridized carbons (Fsp3) is 0.319. The van der Waals surface area contributed by atoms with Gasteiger partial charge in [-0.15, -0.1) is 23.5 Å². The second kappa shape index (κ2) is 43.6. The van der Waals surface area contributed by atoms with Gasteiger partial charge in [0.25, 0.3) is 29.6 Å². The van der Waals surface area contributed by atoms with Crippen LogP contribution in [0.2, 0.25) is 0 Å². The highest BCUT2D eigenvalue weighted by atomic mass is 32.2. The molecule has 27 nitrogen and oxygen atoms in total. The second-order valence-corrected chi connectivity index (χ2v) is 37.1. The molecular weight excluding hydrogens is 1720 g/mol. The van der Waals surface area contributed by atoms with E-state index in [1.807, 2.05) is 36.4 Å². The largest absolute Gasteiger partial charge is 0.491 e. The van der Waals surface area contributed by atoms with Gasteiger partial charge in [-0.2, -0.15) is 13.2 Å². The molecule has 13 rings (SSSR count). The molecule has 0 bridgehead atoms. The first kappa shape index (κ1) is 95.9. The fourth-order valence-corrected chi connectivity index (χ4v) is 20.9. The highest BCUT2D eigenvalue weighted by molar-refractivity contribution is 7.99. The maximum absolute atomic E-state index is 14.1. The minimum Gasteiger partial charge on any atom is -0.491 e. The zero-order chi connectivity index (χ0) is 91.3. The Morgan fingerprint density at radius 2 is 0.906 bits per heavy atom. The van der Waals surface area contributed by atoms with Gasteiger partial charge in [-0.1, -0.05) is 72.8 Å². The van der Waals surface area contributed by atoms with Crippen LogP contribution in [0.3, 0.4) is 0 Å². The molecule has 6 amide bonds. The number of carbonyl (C=O) groups is 6. The Balaban J connectivity index is 0.000000187. The van der Waals surface area contributed by atoms with E-state index < -0.39 is 65.6 Å². The summed E-state index contributed by atoms with van der Waals surface area (Å²) in [6, 6.07) is 36.2. The van der Waals surface area contributed by atoms with Gasteiger partial charge in [0.15, 0.2) is 25.6 Å². The number of benzene rings is 7. The summed E-state index contributed by atoms with van der Waals surface area (Å²) in [6.07, 6.45) is 16.2. The van der Waals surface area contributed by atoms with Crippen LogP contribution in [0, 0.1) is 17.8 Å². The van der Waals surface area contributed by atoms with Crippen LogP contribution in [0.1, 0.15) is 133 Å². The van der Waals surface area contributed by atoms with Crippen LogP contribution in [0.5, 0.6) is 11.5 Å². The van der Waals surface area contributed by atoms with Crippen LogP contribution in [0.4, 0.5) is 39.0 Å². The van der Waals surface area contributed by atoms with E-state index in [2.05, 4.69) is 60.1 Å². The summed E-state index contributed by atoms with van der Waals surface area (Å²) in [4.78, 5) is 86.2. The average molecular weight is 1820 g/mol. The number of hydrogen-bond acceptors (Lipinski definition) is 20. The van der Waals surface area contributed by atoms with Gasteiger partial charge in [0.05, 0.1) is 53.9 Å². The number of thioether (sulfide) groups is 2. The SMILES string of the molecule is CC(F)(F)c1ccc(SCCN)c(C(=O)NC2=CC3C(C=C2)Cc2ccc(NC(=O)c4cc(C(F)(F)F)ccc4SCCN)cc2S3(=O)=O)c1.CC(N)=NCCCCC(=O)NC1=CC2C(C=C1)Cc1ccc(NC(=O)CCCCN=C(N)N)cc1S2(=O)=O.NCCOc1ccccc1C(=O)NC1=CC2Cc3cc(NC(=O)c4ccccc4OCCN)ccc3C2C=C1. The number of unbranched alkanes of at least 4 members (excludes halogenated alkanes) is 2. The molecule has 0 saturated carbocycles. The Morgan fingerprint density at radius 1 is 0.465 bits per heavy atom. The first-order valence-electron chi connectivity index (χ1n) is 41.1. The Labute approximate surface area is 741 Å². The number of guanidine groups is 1. The van der Waals surface area contributed by atoms with Gasteiger partial charge in [-0.05, 0) is 201 Å². The predicted octanol–water partition coefficient (Wildman–Crippen LogP) is 11.6. The number of sulfone groups is 2. The van der Waals surface area contributed by atoms with E-state index in [0.717, 1.165) is 61.1 Å². The third-order valence-electron chi connectivity index (χ3n) is 21.2. The number of aliphatic imine (C=N–C) groups is 2. The fourth-order valence-electron chi connectivity index (χ4n) is 15.1. The van der Waals surface area contributed by atoms with E-state index in [1.165, 1.54) is 65.4 Å². The highest BCUT2D eigenvalue weighted by Gasteiger charge is 2.43. The maximum Gasteiger partial charge on any atom is 0.416 e. The number of nitrogens with two attached hydrogens (primary N) is 7. The van der Waals surface area contributed by atoms with Crippen LogP contribution in [-0.2, 0) is 60.6 Å². The van der Waals surface area contributed by atoms with Gasteiger partial charge < -0.3 is 81.5 Å². The molecule has 7 aromatic carbocycles. The number of hydrogen-bond donors (Lipinski definition) is 13. The Kier molecular flexibility index (Phi) is 32.9. The predicted molar refractivity (Wildman–Crippen MR) is 484 cm³/mol. The minimum atomic E-state index is -4.69. The molecule has 6 atom stereocenters. The van der Waals surface area contributed by atoms with E-state index in [-0.39, 0.29) is 103 Å². The lowest BCUT2D eigenvalue weighted by Crippen LogP contribution is -2.37. The number of amides is 6. The first-order chi connectivity index (χ1) is 60.6. The number of amidine groups is 1. The quantitative estimate of drug-likeness (QED) is 0.00597. The molecule has 127 heavy (non-hydrogen) atoms. The third-order valence-corrected chi connectivity index (χ3v) is 27.8. The van der Waals surface area contributed by atoms with Crippen molar-refractivity contribution >= 4 is 107 Å². The molecule has 0 aromatic heterocycles. The Hall–Kier alpha value is -11.8. The minimum absolute atomic E-state index is 0.0125. The number of nitrogens with zero attached hydrogens (tertiary/aromatic N) is 2. The summed E-state index contributed by atoms with van der Waals surface area (Å²) in [5.74, 6) is -3.58. The summed E-state index contributed by atoms with van der Waals surface area (Å²) in [7, 11) is -7.84. The van der Waals surface area contributed by atoms with E-state index >= 15 is 0 Å². The average Bonchev–Trinajstić information content (AvgIpc) is 1.62. The van der Waals surface area contributed by atoms with Gasteiger partial charge in [0, 0.05) is 138 Å². The molecule has 36 heteroatoms. The number of allylic oxidation sites excluding steroid dienone is 7. The van der Waals surface area contributed by atoms with Crippen LogP contribution in [0.25, 0.3) is 0 Å². The highest BCUT2D eigenvalue weighted by Crippen LogP contribution is 2.45. The van der Waals surface area contributed by atoms with Crippen molar-refractivity contribution in [1.82, 2.24) is 16.0 Å². The van der Waals surface area contributed by atoms with E-state index in [0.29, 0.717) is 152 Å². The molecule has 0 fully saturated rings. The molecule has 20 N–H and O–H groups in total. The van der Waals surface area contributed by atoms with Crippen molar-refractivity contribution < 1.29 is 77.0 Å². The van der Waals surface area contributed by atoms with E-state index in [4.69, 9.17) is 49.6 Å². The molecular formula is C91H102F5N15O12S4. The molecule has 0 radical (unpaired) electrons. The number of anilines is 3. The smallest absolute Gasteiger partial charge is 0.416 e. The molecule has 6 aliphatic rings. The van der Waals surface area contributed by atoms with Crippen LogP contribution < -0.4 is 81.5 Å². The normalized spacial score (nSPS) is 18.2. The van der Waals surface area contributed by atoms with E-state index in [9.17, 15) is 67.6 Å². The van der Waals surface area contributed by atoms with Crippen molar-refractivity contribution in [1.29, 1.82) is 0 Å². The van der Waals surface area contributed by atoms with Gasteiger partial charge >= 0.3 is 6.18 Å². The number of para-hydroxylation sites is 2. The van der Waals surface area contributed by atoms with Crippen molar-refractivity contribution in [2.45, 2.75) is 120 Å². The lowest BCUT2D eigenvalue weighted by molar-refractivity contribution is -0.137. The van der Waals surface area contributed by atoms with Crippen molar-refractivity contribution in [2.75, 3.05) is 79.9 Å². The second-order valence-electron chi connectivity index (χ2n) is 30.7.